The van der Waals surface area contributed by atoms with Gasteiger partial charge in [0.25, 0.3) is 0 Å². The predicted octanol–water partition coefficient (Wildman–Crippen LogP) is 4.29. The molecule has 3 aromatic rings. The van der Waals surface area contributed by atoms with Crippen molar-refractivity contribution in [2.75, 3.05) is 38.4 Å². The minimum absolute atomic E-state index is 0.0846. The smallest absolute Gasteiger partial charge is 0.242 e. The third-order valence-corrected chi connectivity index (χ3v) is 7.08. The van der Waals surface area contributed by atoms with E-state index in [4.69, 9.17) is 14.5 Å². The molecule has 1 fully saturated rings. The van der Waals surface area contributed by atoms with Crippen molar-refractivity contribution in [1.29, 1.82) is 0 Å². The first kappa shape index (κ1) is 24.9. The Labute approximate surface area is 210 Å². The number of benzene rings is 2. The lowest BCUT2D eigenvalue weighted by molar-refractivity contribution is -0.134. The summed E-state index contributed by atoms with van der Waals surface area (Å²) in [5, 5.41) is 3.53. The molecule has 2 atom stereocenters. The van der Waals surface area contributed by atoms with Crippen molar-refractivity contribution in [2.45, 2.75) is 32.0 Å². The molecule has 2 heterocycles. The third kappa shape index (κ3) is 6.08. The molecule has 2 aromatic carbocycles. The van der Waals surface area contributed by atoms with Gasteiger partial charge in [0.05, 0.1) is 31.0 Å². The zero-order valence-corrected chi connectivity index (χ0v) is 21.4. The number of likely N-dealkylation sites (tertiary alicyclic amines) is 1. The molecule has 9 heteroatoms. The number of hydrogen-bond acceptors (Lipinski definition) is 6. The Kier molecular flexibility index (Phi) is 7.85. The van der Waals surface area contributed by atoms with Crippen LogP contribution in [0.4, 0.5) is 5.69 Å². The first-order valence-electron chi connectivity index (χ1n) is 11.7. The quantitative estimate of drug-likeness (QED) is 0.469. The number of nitrogens with zero attached hydrogens (tertiary/aromatic N) is 3. The van der Waals surface area contributed by atoms with Crippen LogP contribution >= 0.6 is 11.8 Å². The van der Waals surface area contributed by atoms with Crippen molar-refractivity contribution in [3.05, 3.63) is 42.5 Å². The highest BCUT2D eigenvalue weighted by molar-refractivity contribution is 7.99. The zero-order chi connectivity index (χ0) is 24.9. The molecule has 1 aliphatic rings. The molecule has 8 nitrogen and oxygen atoms in total. The minimum Gasteiger partial charge on any atom is -0.497 e. The summed E-state index contributed by atoms with van der Waals surface area (Å²) in [7, 11) is 3.13. The van der Waals surface area contributed by atoms with E-state index in [1.165, 1.54) is 11.8 Å². The molecule has 35 heavy (non-hydrogen) atoms. The molecule has 1 N–H and O–H groups in total. The second-order valence-corrected chi connectivity index (χ2v) is 10.1. The number of carbonyl (C=O) groups is 2. The Morgan fingerprint density at radius 3 is 2.37 bits per heavy atom. The van der Waals surface area contributed by atoms with E-state index in [2.05, 4.69) is 19.2 Å². The van der Waals surface area contributed by atoms with Gasteiger partial charge < -0.3 is 24.3 Å². The number of piperidine rings is 1. The maximum Gasteiger partial charge on any atom is 0.242 e. The third-order valence-electron chi connectivity index (χ3n) is 6.10. The number of thioether (sulfide) groups is 1. The van der Waals surface area contributed by atoms with Gasteiger partial charge in [-0.05, 0) is 30.4 Å². The van der Waals surface area contributed by atoms with Crippen LogP contribution in [-0.4, -0.2) is 59.3 Å². The van der Waals surface area contributed by atoms with E-state index < -0.39 is 0 Å². The van der Waals surface area contributed by atoms with Crippen LogP contribution in [0.15, 0.2) is 47.6 Å². The SMILES string of the molecule is COc1cc(NC(=O)CSc2nc3ccccc3n2CC(=O)N2CC(C)CC(C)C2)cc(OC)c1. The average Bonchev–Trinajstić information content (AvgIpc) is 3.19. The standard InChI is InChI=1S/C26H32N4O4S/c1-17-9-18(2)14-29(13-17)25(32)15-30-23-8-6-5-7-22(23)28-26(30)35-16-24(31)27-19-10-20(33-3)12-21(11-19)34-4/h5-8,10-12,17-18H,9,13-16H2,1-4H3,(H,27,31). The maximum atomic E-state index is 13.2. The van der Waals surface area contributed by atoms with Gasteiger partial charge in [0.15, 0.2) is 5.16 Å². The van der Waals surface area contributed by atoms with Gasteiger partial charge in [0, 0.05) is 37.0 Å². The number of para-hydroxylation sites is 2. The van der Waals surface area contributed by atoms with Crippen LogP contribution in [0.25, 0.3) is 11.0 Å². The lowest BCUT2D eigenvalue weighted by atomic mass is 9.92. The monoisotopic (exact) mass is 496 g/mol. The van der Waals surface area contributed by atoms with Gasteiger partial charge in [0.2, 0.25) is 11.8 Å². The molecule has 0 radical (unpaired) electrons. The summed E-state index contributed by atoms with van der Waals surface area (Å²) >= 11 is 1.32. The maximum absolute atomic E-state index is 13.2. The first-order chi connectivity index (χ1) is 16.9. The molecule has 0 saturated carbocycles. The number of aromatic nitrogens is 2. The lowest BCUT2D eigenvalue weighted by Crippen LogP contribution is -2.44. The number of anilines is 1. The van der Waals surface area contributed by atoms with E-state index in [9.17, 15) is 9.59 Å². The molecular weight excluding hydrogens is 464 g/mol. The van der Waals surface area contributed by atoms with Crippen molar-refractivity contribution in [3.63, 3.8) is 0 Å². The van der Waals surface area contributed by atoms with Crippen LogP contribution in [0.3, 0.4) is 0 Å². The summed E-state index contributed by atoms with van der Waals surface area (Å²) in [4.78, 5) is 32.6. The Bertz CT molecular complexity index is 1180. The number of carbonyl (C=O) groups excluding carboxylic acids is 2. The van der Waals surface area contributed by atoms with Gasteiger partial charge >= 0.3 is 0 Å². The van der Waals surface area contributed by atoms with E-state index in [1.54, 1.807) is 32.4 Å². The second-order valence-electron chi connectivity index (χ2n) is 9.15. The van der Waals surface area contributed by atoms with E-state index >= 15 is 0 Å². The first-order valence-corrected chi connectivity index (χ1v) is 12.7. The summed E-state index contributed by atoms with van der Waals surface area (Å²) < 4.78 is 12.5. The Morgan fingerprint density at radius 2 is 1.71 bits per heavy atom. The van der Waals surface area contributed by atoms with E-state index in [1.807, 2.05) is 33.7 Å². The van der Waals surface area contributed by atoms with Gasteiger partial charge in [-0.15, -0.1) is 0 Å². The Hall–Kier alpha value is -3.20. The van der Waals surface area contributed by atoms with Gasteiger partial charge in [-0.2, -0.15) is 0 Å². The number of nitrogens with one attached hydrogen (secondary N) is 1. The summed E-state index contributed by atoms with van der Waals surface area (Å²) in [6.07, 6.45) is 1.15. The number of imidazole rings is 1. The van der Waals surface area contributed by atoms with Gasteiger partial charge in [0.1, 0.15) is 18.0 Å². The molecule has 0 aliphatic carbocycles. The number of methoxy groups -OCH3 is 2. The number of rotatable bonds is 8. The van der Waals surface area contributed by atoms with E-state index in [-0.39, 0.29) is 24.1 Å². The summed E-state index contributed by atoms with van der Waals surface area (Å²) in [6.45, 7) is 6.16. The van der Waals surface area contributed by atoms with Crippen LogP contribution < -0.4 is 14.8 Å². The van der Waals surface area contributed by atoms with Crippen LogP contribution in [0.1, 0.15) is 20.3 Å². The highest BCUT2D eigenvalue weighted by atomic mass is 32.2. The fourth-order valence-electron chi connectivity index (χ4n) is 4.62. The Balaban J connectivity index is 1.48. The van der Waals surface area contributed by atoms with Crippen molar-refractivity contribution in [2.24, 2.45) is 11.8 Å². The molecule has 0 spiro atoms. The largest absolute Gasteiger partial charge is 0.497 e. The van der Waals surface area contributed by atoms with Crippen LogP contribution in [0.2, 0.25) is 0 Å². The van der Waals surface area contributed by atoms with E-state index in [0.29, 0.717) is 34.2 Å². The molecule has 4 rings (SSSR count). The van der Waals surface area contributed by atoms with Crippen molar-refractivity contribution >= 4 is 40.3 Å². The molecule has 1 aliphatic heterocycles. The summed E-state index contributed by atoms with van der Waals surface area (Å²) in [5.74, 6) is 2.22. The van der Waals surface area contributed by atoms with Crippen molar-refractivity contribution in [3.8, 4) is 11.5 Å². The number of amides is 2. The van der Waals surface area contributed by atoms with Crippen LogP contribution in [0.5, 0.6) is 11.5 Å². The fraction of sp³-hybridized carbons (Fsp3) is 0.423. The molecule has 186 valence electrons. The highest BCUT2D eigenvalue weighted by Gasteiger charge is 2.26. The van der Waals surface area contributed by atoms with Crippen molar-refractivity contribution < 1.29 is 19.1 Å². The molecule has 2 amide bonds. The average molecular weight is 497 g/mol. The van der Waals surface area contributed by atoms with Gasteiger partial charge in [-0.3, -0.25) is 9.59 Å². The van der Waals surface area contributed by atoms with Crippen LogP contribution in [0, 0.1) is 11.8 Å². The highest BCUT2D eigenvalue weighted by Crippen LogP contribution is 2.28. The summed E-state index contributed by atoms with van der Waals surface area (Å²) in [5.41, 5.74) is 2.28. The van der Waals surface area contributed by atoms with E-state index in [0.717, 1.165) is 30.5 Å². The number of hydrogen-bond donors (Lipinski definition) is 1. The number of fused-ring (bicyclic) bond motifs is 1. The van der Waals surface area contributed by atoms with Crippen molar-refractivity contribution in [1.82, 2.24) is 14.5 Å². The van der Waals surface area contributed by atoms with Gasteiger partial charge in [-0.1, -0.05) is 37.7 Å². The lowest BCUT2D eigenvalue weighted by Gasteiger charge is -2.35. The van der Waals surface area contributed by atoms with Gasteiger partial charge in [-0.25, -0.2) is 4.98 Å². The van der Waals surface area contributed by atoms with Crippen LogP contribution in [-0.2, 0) is 16.1 Å². The summed E-state index contributed by atoms with van der Waals surface area (Å²) in [6, 6.07) is 13.0. The molecule has 1 aromatic heterocycles. The molecule has 1 saturated heterocycles. The number of ether oxygens (including phenoxy) is 2. The minimum atomic E-state index is -0.186. The predicted molar refractivity (Wildman–Crippen MR) is 138 cm³/mol. The zero-order valence-electron chi connectivity index (χ0n) is 20.6. The molecule has 0 bridgehead atoms. The fourth-order valence-corrected chi connectivity index (χ4v) is 5.44. The molecular formula is C26H32N4O4S. The topological polar surface area (TPSA) is 85.7 Å². The normalized spacial score (nSPS) is 17.9. The Morgan fingerprint density at radius 1 is 1.06 bits per heavy atom. The molecule has 2 unspecified atom stereocenters. The second kappa shape index (κ2) is 11.0.